The molecular weight excluding hydrogens is 404 g/mol. The normalized spacial score (nSPS) is 30.8. The van der Waals surface area contributed by atoms with E-state index in [0.29, 0.717) is 18.3 Å². The highest BCUT2D eigenvalue weighted by atomic mass is 16.5. The zero-order valence-corrected chi connectivity index (χ0v) is 17.9. The Bertz CT molecular complexity index is 1120. The Balaban J connectivity index is 1.40. The molecule has 0 saturated heterocycles. The summed E-state index contributed by atoms with van der Waals surface area (Å²) in [7, 11) is 0. The molecule has 2 aromatic rings. The molecule has 7 nitrogen and oxygen atoms in total. The van der Waals surface area contributed by atoms with Crippen molar-refractivity contribution >= 4 is 6.02 Å². The monoisotopic (exact) mass is 430 g/mol. The zero-order chi connectivity index (χ0) is 21.7. The molecule has 32 heavy (non-hydrogen) atoms. The maximum absolute atomic E-state index is 9.27. The van der Waals surface area contributed by atoms with Crippen LogP contribution in [0.1, 0.15) is 49.7 Å². The first-order valence-corrected chi connectivity index (χ1v) is 11.4. The van der Waals surface area contributed by atoms with E-state index < -0.39 is 5.54 Å². The molecule has 4 aliphatic rings. The van der Waals surface area contributed by atoms with Crippen LogP contribution in [-0.2, 0) is 15.0 Å². The van der Waals surface area contributed by atoms with Gasteiger partial charge in [0.2, 0.25) is 0 Å². The van der Waals surface area contributed by atoms with Crippen LogP contribution in [0.25, 0.3) is 11.1 Å². The van der Waals surface area contributed by atoms with E-state index in [2.05, 4.69) is 17.1 Å². The number of pyridine rings is 1. The molecule has 0 amide bonds. The highest BCUT2D eigenvalue weighted by molar-refractivity contribution is 5.75. The van der Waals surface area contributed by atoms with Crippen LogP contribution in [0.4, 0.5) is 0 Å². The topological polar surface area (TPSA) is 103 Å². The van der Waals surface area contributed by atoms with Crippen molar-refractivity contribution in [3.8, 4) is 22.9 Å². The minimum absolute atomic E-state index is 0.0661. The quantitative estimate of drug-likeness (QED) is 0.797. The van der Waals surface area contributed by atoms with Crippen LogP contribution in [0, 0.1) is 17.2 Å². The third kappa shape index (κ3) is 3.13. The molecule has 4 atom stereocenters. The number of ether oxygens (including phenoxy) is 3. The summed E-state index contributed by atoms with van der Waals surface area (Å²) in [5.74, 6) is 0.966. The zero-order valence-electron chi connectivity index (χ0n) is 17.9. The van der Waals surface area contributed by atoms with Gasteiger partial charge >= 0.3 is 0 Å². The van der Waals surface area contributed by atoms with Gasteiger partial charge in [0, 0.05) is 29.4 Å². The Morgan fingerprint density at radius 3 is 2.75 bits per heavy atom. The van der Waals surface area contributed by atoms with Gasteiger partial charge in [-0.25, -0.2) is 4.99 Å². The maximum atomic E-state index is 9.27. The SMILES string of the molecule is N#Cc1cncc(-c2ccc3c(c2)C2(COC(N)=N2)C2C[C@@H](OC4CCC4)CCC2O3)c1. The largest absolute Gasteiger partial charge is 0.490 e. The number of aromatic nitrogens is 1. The van der Waals surface area contributed by atoms with Crippen LogP contribution >= 0.6 is 0 Å². The molecule has 2 saturated carbocycles. The highest BCUT2D eigenvalue weighted by Crippen LogP contribution is 2.53. The van der Waals surface area contributed by atoms with Gasteiger partial charge in [-0.1, -0.05) is 6.07 Å². The van der Waals surface area contributed by atoms with Gasteiger partial charge < -0.3 is 19.9 Å². The summed E-state index contributed by atoms with van der Waals surface area (Å²) in [4.78, 5) is 9.11. The van der Waals surface area contributed by atoms with Crippen molar-refractivity contribution in [3.63, 3.8) is 0 Å². The van der Waals surface area contributed by atoms with Crippen LogP contribution in [0.3, 0.4) is 0 Å². The van der Waals surface area contributed by atoms with Crippen molar-refractivity contribution in [2.45, 2.75) is 62.4 Å². The fraction of sp³-hybridized carbons (Fsp3) is 0.480. The molecule has 0 bridgehead atoms. The van der Waals surface area contributed by atoms with E-state index in [0.717, 1.165) is 41.7 Å². The number of hydrogen-bond acceptors (Lipinski definition) is 7. The third-order valence-electron chi connectivity index (χ3n) is 7.46. The standard InChI is InChI=1S/C25H26N4O3/c26-11-15-8-17(13-28-12-15)16-4-6-22-20(9-16)25(14-30-24(27)29-25)21-10-19(5-7-23(21)32-22)31-18-2-1-3-18/h4,6,8-9,12-13,18-19,21,23H,1-3,5,7,10,14H2,(H2,27,29)/t19-,21?,23?,25?/m0/s1. The van der Waals surface area contributed by atoms with E-state index in [1.807, 2.05) is 18.2 Å². The lowest BCUT2D eigenvalue weighted by Crippen LogP contribution is -2.52. The first kappa shape index (κ1) is 19.6. The van der Waals surface area contributed by atoms with Gasteiger partial charge in [-0.3, -0.25) is 4.98 Å². The van der Waals surface area contributed by atoms with Crippen molar-refractivity contribution in [3.05, 3.63) is 47.8 Å². The number of rotatable bonds is 3. The molecular formula is C25H26N4O3. The molecule has 3 heterocycles. The van der Waals surface area contributed by atoms with Gasteiger partial charge in [0.05, 0.1) is 17.8 Å². The molecule has 2 fully saturated rings. The number of amidine groups is 1. The van der Waals surface area contributed by atoms with Crippen molar-refractivity contribution in [2.24, 2.45) is 16.6 Å². The average Bonchev–Trinajstić information content (AvgIpc) is 3.19. The Kier molecular flexibility index (Phi) is 4.58. The molecule has 1 aromatic carbocycles. The molecule has 3 unspecified atom stereocenters. The molecule has 2 N–H and O–H groups in total. The lowest BCUT2D eigenvalue weighted by Gasteiger charge is -2.48. The van der Waals surface area contributed by atoms with Crippen LogP contribution in [0.5, 0.6) is 5.75 Å². The number of nitrogens with zero attached hydrogens (tertiary/aromatic N) is 3. The minimum Gasteiger partial charge on any atom is -0.490 e. The maximum Gasteiger partial charge on any atom is 0.283 e. The summed E-state index contributed by atoms with van der Waals surface area (Å²) in [6.45, 7) is 0.409. The van der Waals surface area contributed by atoms with Crippen LogP contribution in [0.15, 0.2) is 41.7 Å². The van der Waals surface area contributed by atoms with E-state index in [9.17, 15) is 5.26 Å². The second-order valence-corrected chi connectivity index (χ2v) is 9.33. The number of aliphatic imine (C=N–C) groups is 1. The van der Waals surface area contributed by atoms with Crippen LogP contribution in [-0.4, -0.2) is 35.9 Å². The summed E-state index contributed by atoms with van der Waals surface area (Å²) < 4.78 is 18.7. The lowest BCUT2D eigenvalue weighted by atomic mass is 9.67. The van der Waals surface area contributed by atoms with E-state index in [4.69, 9.17) is 24.9 Å². The number of nitrogens with two attached hydrogens (primary N) is 1. The van der Waals surface area contributed by atoms with E-state index in [-0.39, 0.29) is 24.1 Å². The minimum atomic E-state index is -0.583. The Morgan fingerprint density at radius 1 is 1.09 bits per heavy atom. The van der Waals surface area contributed by atoms with Crippen molar-refractivity contribution in [1.29, 1.82) is 5.26 Å². The van der Waals surface area contributed by atoms with Gasteiger partial charge in [0.15, 0.2) is 0 Å². The summed E-state index contributed by atoms with van der Waals surface area (Å²) in [5, 5.41) is 9.27. The third-order valence-corrected chi connectivity index (χ3v) is 7.46. The first-order chi connectivity index (χ1) is 15.6. The molecule has 1 aromatic heterocycles. The smallest absolute Gasteiger partial charge is 0.283 e. The van der Waals surface area contributed by atoms with Crippen molar-refractivity contribution < 1.29 is 14.2 Å². The first-order valence-electron chi connectivity index (χ1n) is 11.4. The molecule has 0 radical (unpaired) electrons. The predicted octanol–water partition coefficient (Wildman–Crippen LogP) is 3.66. The van der Waals surface area contributed by atoms with E-state index >= 15 is 0 Å². The fourth-order valence-electron chi connectivity index (χ4n) is 5.60. The van der Waals surface area contributed by atoms with Gasteiger partial charge in [-0.05, 0) is 62.3 Å². The van der Waals surface area contributed by atoms with Crippen LogP contribution < -0.4 is 10.5 Å². The van der Waals surface area contributed by atoms with Crippen molar-refractivity contribution in [1.82, 2.24) is 4.98 Å². The highest BCUT2D eigenvalue weighted by Gasteiger charge is 2.56. The van der Waals surface area contributed by atoms with Gasteiger partial charge in [0.1, 0.15) is 30.1 Å². The second kappa shape index (κ2) is 7.49. The second-order valence-electron chi connectivity index (χ2n) is 9.33. The predicted molar refractivity (Wildman–Crippen MR) is 118 cm³/mol. The summed E-state index contributed by atoms with van der Waals surface area (Å²) in [5.41, 5.74) is 8.85. The molecule has 164 valence electrons. The lowest BCUT2D eigenvalue weighted by molar-refractivity contribution is -0.106. The fourth-order valence-corrected chi connectivity index (χ4v) is 5.60. The summed E-state index contributed by atoms with van der Waals surface area (Å²) in [6, 6.07) is 10.4. The summed E-state index contributed by atoms with van der Waals surface area (Å²) >= 11 is 0. The molecule has 1 spiro atoms. The van der Waals surface area contributed by atoms with Crippen molar-refractivity contribution in [2.75, 3.05) is 6.61 Å². The Labute approximate surface area is 187 Å². The molecule has 2 aliphatic heterocycles. The van der Waals surface area contributed by atoms with Gasteiger partial charge in [-0.15, -0.1) is 0 Å². The van der Waals surface area contributed by atoms with E-state index in [1.165, 1.54) is 19.3 Å². The number of nitriles is 1. The Morgan fingerprint density at radius 2 is 2.00 bits per heavy atom. The number of fused-ring (bicyclic) bond motifs is 4. The molecule has 6 rings (SSSR count). The number of benzene rings is 1. The van der Waals surface area contributed by atoms with Gasteiger partial charge in [0.25, 0.3) is 6.02 Å². The average molecular weight is 431 g/mol. The van der Waals surface area contributed by atoms with Crippen LogP contribution in [0.2, 0.25) is 0 Å². The van der Waals surface area contributed by atoms with E-state index in [1.54, 1.807) is 12.4 Å². The molecule has 2 aliphatic carbocycles. The summed E-state index contributed by atoms with van der Waals surface area (Å²) in [6.07, 6.45) is 10.5. The molecule has 7 heteroatoms. The Hall–Kier alpha value is -3.11. The number of hydrogen-bond donors (Lipinski definition) is 1. The van der Waals surface area contributed by atoms with Gasteiger partial charge in [-0.2, -0.15) is 5.26 Å².